The van der Waals surface area contributed by atoms with Crippen molar-refractivity contribution in [2.45, 2.75) is 90.9 Å². The lowest BCUT2D eigenvalue weighted by atomic mass is 9.63. The highest BCUT2D eigenvalue weighted by molar-refractivity contribution is 6.01. The van der Waals surface area contributed by atoms with Crippen LogP contribution in [-0.2, 0) is 25.5 Å². The zero-order valence-electron chi connectivity index (χ0n) is 19.8. The van der Waals surface area contributed by atoms with Crippen LogP contribution in [0, 0.1) is 5.41 Å². The summed E-state index contributed by atoms with van der Waals surface area (Å²) < 4.78 is 11.1. The number of amides is 1. The van der Waals surface area contributed by atoms with Gasteiger partial charge in [-0.3, -0.25) is 4.79 Å². The van der Waals surface area contributed by atoms with Crippen molar-refractivity contribution in [2.75, 3.05) is 0 Å². The summed E-state index contributed by atoms with van der Waals surface area (Å²) in [5.41, 5.74) is 2.01. The van der Waals surface area contributed by atoms with E-state index in [2.05, 4.69) is 12.2 Å². The molecule has 1 aromatic rings. The highest BCUT2D eigenvalue weighted by Gasteiger charge is 2.44. The molecule has 0 saturated heterocycles. The maximum Gasteiger partial charge on any atom is 0.408 e. The monoisotopic (exact) mass is 441 g/mol. The van der Waals surface area contributed by atoms with E-state index >= 15 is 0 Å². The minimum Gasteiger partial charge on any atom is -0.452 e. The molecule has 0 spiro atoms. The van der Waals surface area contributed by atoms with Crippen LogP contribution in [-0.4, -0.2) is 35.6 Å². The Morgan fingerprint density at radius 1 is 1.19 bits per heavy atom. The van der Waals surface area contributed by atoms with Crippen LogP contribution in [0.25, 0.3) is 0 Å². The molecule has 1 saturated carbocycles. The van der Waals surface area contributed by atoms with Crippen LogP contribution >= 0.6 is 0 Å². The van der Waals surface area contributed by atoms with Gasteiger partial charge in [-0.1, -0.05) is 49.2 Å². The number of carbonyl (C=O) groups is 3. The van der Waals surface area contributed by atoms with Crippen molar-refractivity contribution in [3.63, 3.8) is 0 Å². The van der Waals surface area contributed by atoms with Crippen LogP contribution in [0.2, 0.25) is 0 Å². The molecule has 0 bridgehead atoms. The number of carbonyl (C=O) groups excluding carboxylic acids is 3. The minimum atomic E-state index is -0.954. The van der Waals surface area contributed by atoms with E-state index in [0.29, 0.717) is 6.42 Å². The molecule has 174 valence electrons. The fraction of sp³-hybridized carbons (Fsp3) is 0.577. The predicted molar refractivity (Wildman–Crippen MR) is 122 cm³/mol. The van der Waals surface area contributed by atoms with Crippen molar-refractivity contribution in [1.29, 1.82) is 0 Å². The Morgan fingerprint density at radius 3 is 2.53 bits per heavy atom. The van der Waals surface area contributed by atoms with Gasteiger partial charge in [0, 0.05) is 12.8 Å². The van der Waals surface area contributed by atoms with Crippen molar-refractivity contribution in [1.82, 2.24) is 5.32 Å². The fourth-order valence-corrected chi connectivity index (χ4v) is 4.84. The van der Waals surface area contributed by atoms with Gasteiger partial charge in [0.15, 0.2) is 11.9 Å². The van der Waals surface area contributed by atoms with Crippen molar-refractivity contribution < 1.29 is 23.9 Å². The van der Waals surface area contributed by atoms with Gasteiger partial charge in [-0.15, -0.1) is 0 Å². The normalized spacial score (nSPS) is 24.4. The lowest BCUT2D eigenvalue weighted by Gasteiger charge is -2.43. The third-order valence-corrected chi connectivity index (χ3v) is 6.40. The molecule has 2 aliphatic rings. The molecule has 32 heavy (non-hydrogen) atoms. The molecule has 2 aliphatic carbocycles. The van der Waals surface area contributed by atoms with Crippen molar-refractivity contribution >= 4 is 17.8 Å². The summed E-state index contributed by atoms with van der Waals surface area (Å²) >= 11 is 0. The molecular weight excluding hydrogens is 406 g/mol. The molecular formula is C26H35NO5. The van der Waals surface area contributed by atoms with Crippen molar-refractivity contribution in [3.05, 3.63) is 47.0 Å². The third kappa shape index (κ3) is 5.78. The average Bonchev–Trinajstić information content (AvgIpc) is 2.70. The Balaban J connectivity index is 1.77. The molecule has 0 aromatic heterocycles. The third-order valence-electron chi connectivity index (χ3n) is 6.40. The number of Topliss-reactive ketones (excluding diaryl/α,β-unsaturated/α-hetero) is 1. The summed E-state index contributed by atoms with van der Waals surface area (Å²) in [4.78, 5) is 38.6. The number of rotatable bonds is 5. The molecule has 0 heterocycles. The maximum absolute atomic E-state index is 13.2. The first-order chi connectivity index (χ1) is 15.0. The molecule has 0 aliphatic heterocycles. The number of fused-ring (bicyclic) bond motifs is 1. The van der Waals surface area contributed by atoms with Gasteiger partial charge in [-0.25, -0.2) is 9.59 Å². The Morgan fingerprint density at radius 2 is 1.88 bits per heavy atom. The molecule has 3 rings (SSSR count). The molecule has 1 N–H and O–H groups in total. The first kappa shape index (κ1) is 24.0. The van der Waals surface area contributed by atoms with E-state index in [1.165, 1.54) is 5.57 Å². The van der Waals surface area contributed by atoms with Crippen LogP contribution in [0.1, 0.15) is 72.3 Å². The number of ether oxygens (including phenoxy) is 2. The number of ketones is 1. The lowest BCUT2D eigenvalue weighted by molar-refractivity contribution is -0.158. The first-order valence-corrected chi connectivity index (χ1v) is 11.5. The number of hydrogen-bond donors (Lipinski definition) is 1. The van der Waals surface area contributed by atoms with E-state index in [0.717, 1.165) is 36.8 Å². The average molecular weight is 442 g/mol. The smallest absolute Gasteiger partial charge is 0.408 e. The molecule has 3 atom stereocenters. The van der Waals surface area contributed by atoms with E-state index < -0.39 is 29.8 Å². The van der Waals surface area contributed by atoms with Crippen LogP contribution < -0.4 is 5.32 Å². The topological polar surface area (TPSA) is 81.7 Å². The van der Waals surface area contributed by atoms with Gasteiger partial charge in [0.1, 0.15) is 11.6 Å². The molecule has 1 fully saturated rings. The number of alkyl carbamates (subject to hydrolysis) is 1. The Kier molecular flexibility index (Phi) is 7.11. The van der Waals surface area contributed by atoms with Gasteiger partial charge in [-0.2, -0.15) is 0 Å². The van der Waals surface area contributed by atoms with E-state index in [1.807, 2.05) is 37.3 Å². The Hall–Kier alpha value is -2.63. The second-order valence-electron chi connectivity index (χ2n) is 10.3. The van der Waals surface area contributed by atoms with Gasteiger partial charge in [0.2, 0.25) is 0 Å². The molecule has 1 unspecified atom stereocenters. The van der Waals surface area contributed by atoms with Gasteiger partial charge in [0.05, 0.1) is 0 Å². The number of nitrogens with one attached hydrogen (secondary N) is 1. The quantitative estimate of drug-likeness (QED) is 0.657. The zero-order chi connectivity index (χ0) is 23.5. The summed E-state index contributed by atoms with van der Waals surface area (Å²) in [5.74, 6) is -0.739. The molecule has 1 amide bonds. The second-order valence-corrected chi connectivity index (χ2v) is 10.3. The minimum absolute atomic E-state index is 0.116. The molecule has 0 radical (unpaired) electrons. The number of esters is 1. The van der Waals surface area contributed by atoms with Crippen LogP contribution in [0.15, 0.2) is 41.5 Å². The number of hydrogen-bond acceptors (Lipinski definition) is 5. The van der Waals surface area contributed by atoms with E-state index in [1.54, 1.807) is 20.8 Å². The fourth-order valence-electron chi connectivity index (χ4n) is 4.84. The van der Waals surface area contributed by atoms with E-state index in [9.17, 15) is 14.4 Å². The number of benzene rings is 1. The summed E-state index contributed by atoms with van der Waals surface area (Å²) in [6.07, 6.45) is 3.36. The molecule has 1 aromatic carbocycles. The van der Waals surface area contributed by atoms with Crippen LogP contribution in [0.5, 0.6) is 0 Å². The van der Waals surface area contributed by atoms with E-state index in [-0.39, 0.29) is 17.6 Å². The van der Waals surface area contributed by atoms with Crippen LogP contribution in [0.4, 0.5) is 4.79 Å². The molecule has 6 heteroatoms. The van der Waals surface area contributed by atoms with Crippen molar-refractivity contribution in [2.24, 2.45) is 5.41 Å². The van der Waals surface area contributed by atoms with Crippen LogP contribution in [0.3, 0.4) is 0 Å². The maximum atomic E-state index is 13.2. The summed E-state index contributed by atoms with van der Waals surface area (Å²) in [6, 6.07) is 8.43. The highest BCUT2D eigenvalue weighted by Crippen LogP contribution is 2.49. The van der Waals surface area contributed by atoms with Gasteiger partial charge in [-0.05, 0) is 63.5 Å². The second kappa shape index (κ2) is 9.47. The van der Waals surface area contributed by atoms with Gasteiger partial charge in [0.25, 0.3) is 0 Å². The Labute approximate surface area is 190 Å². The molecule has 6 nitrogen and oxygen atoms in total. The number of allylic oxidation sites excluding steroid dienone is 1. The Bertz CT molecular complexity index is 899. The van der Waals surface area contributed by atoms with Crippen molar-refractivity contribution in [3.8, 4) is 0 Å². The summed E-state index contributed by atoms with van der Waals surface area (Å²) in [5, 5.41) is 2.64. The zero-order valence-corrected chi connectivity index (χ0v) is 19.8. The SMILES string of the molecule is CC1=C2CCCC[C@@]2(C)CC(OC(=O)[C@H](Cc2ccccc2)NC(=O)OC(C)(C)C)C1=O. The summed E-state index contributed by atoms with van der Waals surface area (Å²) in [7, 11) is 0. The summed E-state index contributed by atoms with van der Waals surface area (Å²) in [6.45, 7) is 9.29. The largest absolute Gasteiger partial charge is 0.452 e. The highest BCUT2D eigenvalue weighted by atomic mass is 16.6. The standard InChI is InChI=1S/C26H35NO5/c1-17-19-13-9-10-14-26(19,5)16-21(22(17)28)31-23(29)20(15-18-11-7-6-8-12-18)27-24(30)32-25(2,3)4/h6-8,11-12,20-21H,9-10,13-16H2,1-5H3,(H,27,30)/t20-,21?,26-/m0/s1. The van der Waals surface area contributed by atoms with Gasteiger partial charge < -0.3 is 14.8 Å². The predicted octanol–water partition coefficient (Wildman–Crippen LogP) is 4.90. The first-order valence-electron chi connectivity index (χ1n) is 11.5. The van der Waals surface area contributed by atoms with E-state index in [4.69, 9.17) is 9.47 Å². The lowest BCUT2D eigenvalue weighted by Crippen LogP contribution is -2.48. The van der Waals surface area contributed by atoms with Gasteiger partial charge >= 0.3 is 12.1 Å².